The highest BCUT2D eigenvalue weighted by atomic mass is 16.6. The summed E-state index contributed by atoms with van der Waals surface area (Å²) in [7, 11) is 1.34. The SMILES string of the molecule is COC(=O)C(C)Oc1ccc(C)nc1CNC(C)(C)C. The fourth-order valence-corrected chi connectivity index (χ4v) is 1.59. The summed E-state index contributed by atoms with van der Waals surface area (Å²) in [6.07, 6.45) is -0.655. The highest BCUT2D eigenvalue weighted by Gasteiger charge is 2.18. The molecule has 1 unspecified atom stereocenters. The van der Waals surface area contributed by atoms with Crippen molar-refractivity contribution >= 4 is 5.97 Å². The Labute approximate surface area is 120 Å². The second-order valence-corrected chi connectivity index (χ2v) is 5.78. The maximum Gasteiger partial charge on any atom is 0.346 e. The number of aryl methyl sites for hydroxylation is 1. The molecule has 1 atom stereocenters. The molecule has 1 rings (SSSR count). The lowest BCUT2D eigenvalue weighted by atomic mass is 10.1. The first kappa shape index (κ1) is 16.4. The first-order valence-corrected chi connectivity index (χ1v) is 6.69. The molecule has 0 radical (unpaired) electrons. The zero-order chi connectivity index (χ0) is 15.3. The van der Waals surface area contributed by atoms with Crippen LogP contribution in [0.2, 0.25) is 0 Å². The normalized spacial score (nSPS) is 12.9. The lowest BCUT2D eigenvalue weighted by Gasteiger charge is -2.22. The molecule has 20 heavy (non-hydrogen) atoms. The zero-order valence-electron chi connectivity index (χ0n) is 13.1. The largest absolute Gasteiger partial charge is 0.477 e. The molecular weight excluding hydrogens is 256 g/mol. The van der Waals surface area contributed by atoms with Crippen LogP contribution in [-0.4, -0.2) is 29.7 Å². The summed E-state index contributed by atoms with van der Waals surface area (Å²) >= 11 is 0. The number of nitrogens with zero attached hydrogens (tertiary/aromatic N) is 1. The van der Waals surface area contributed by atoms with Gasteiger partial charge < -0.3 is 14.8 Å². The van der Waals surface area contributed by atoms with Crippen LogP contribution in [0, 0.1) is 6.92 Å². The van der Waals surface area contributed by atoms with E-state index in [0.717, 1.165) is 11.4 Å². The van der Waals surface area contributed by atoms with Crippen LogP contribution in [0.3, 0.4) is 0 Å². The van der Waals surface area contributed by atoms with E-state index in [4.69, 9.17) is 4.74 Å². The van der Waals surface area contributed by atoms with E-state index >= 15 is 0 Å². The van der Waals surface area contributed by atoms with Crippen molar-refractivity contribution in [1.82, 2.24) is 10.3 Å². The Morgan fingerprint density at radius 3 is 2.60 bits per heavy atom. The molecule has 1 aromatic heterocycles. The average molecular weight is 280 g/mol. The highest BCUT2D eigenvalue weighted by Crippen LogP contribution is 2.19. The minimum atomic E-state index is -0.655. The fourth-order valence-electron chi connectivity index (χ4n) is 1.59. The molecule has 5 nitrogen and oxygen atoms in total. The minimum Gasteiger partial charge on any atom is -0.477 e. The van der Waals surface area contributed by atoms with E-state index in [0.29, 0.717) is 12.3 Å². The second-order valence-electron chi connectivity index (χ2n) is 5.78. The molecule has 0 aromatic carbocycles. The number of carbonyl (C=O) groups is 1. The molecule has 1 heterocycles. The Morgan fingerprint density at radius 1 is 1.40 bits per heavy atom. The Morgan fingerprint density at radius 2 is 2.05 bits per heavy atom. The van der Waals surface area contributed by atoms with Gasteiger partial charge in [-0.25, -0.2) is 4.79 Å². The summed E-state index contributed by atoms with van der Waals surface area (Å²) in [5.41, 5.74) is 1.68. The Kier molecular flexibility index (Phi) is 5.51. The molecule has 0 fully saturated rings. The van der Waals surface area contributed by atoms with Crippen LogP contribution in [0.4, 0.5) is 0 Å². The van der Waals surface area contributed by atoms with E-state index in [9.17, 15) is 4.79 Å². The van der Waals surface area contributed by atoms with E-state index in [2.05, 4.69) is 35.8 Å². The number of methoxy groups -OCH3 is 1. The molecule has 0 saturated heterocycles. The summed E-state index contributed by atoms with van der Waals surface area (Å²) in [5.74, 6) is 0.200. The molecule has 112 valence electrons. The second kappa shape index (κ2) is 6.70. The quantitative estimate of drug-likeness (QED) is 0.838. The summed E-state index contributed by atoms with van der Waals surface area (Å²) in [6.45, 7) is 10.4. The molecule has 0 aliphatic heterocycles. The summed E-state index contributed by atoms with van der Waals surface area (Å²) in [4.78, 5) is 15.9. The third-order valence-electron chi connectivity index (χ3n) is 2.69. The summed E-state index contributed by atoms with van der Waals surface area (Å²) in [5, 5.41) is 3.36. The van der Waals surface area contributed by atoms with Crippen molar-refractivity contribution in [2.75, 3.05) is 7.11 Å². The van der Waals surface area contributed by atoms with Gasteiger partial charge >= 0.3 is 5.97 Å². The van der Waals surface area contributed by atoms with Crippen LogP contribution < -0.4 is 10.1 Å². The molecule has 0 amide bonds. The van der Waals surface area contributed by atoms with Gasteiger partial charge in [-0.05, 0) is 46.8 Å². The molecule has 0 aliphatic rings. The number of hydrogen-bond donors (Lipinski definition) is 1. The number of aromatic nitrogens is 1. The first-order valence-electron chi connectivity index (χ1n) is 6.69. The molecule has 0 spiro atoms. The monoisotopic (exact) mass is 280 g/mol. The molecule has 5 heteroatoms. The predicted molar refractivity (Wildman–Crippen MR) is 77.7 cm³/mol. The number of hydrogen-bond acceptors (Lipinski definition) is 5. The lowest BCUT2D eigenvalue weighted by Crippen LogP contribution is -2.35. The van der Waals surface area contributed by atoms with Gasteiger partial charge in [0.05, 0.1) is 12.8 Å². The predicted octanol–water partition coefficient (Wildman–Crippen LogP) is 2.22. The Balaban J connectivity index is 2.87. The van der Waals surface area contributed by atoms with E-state index in [-0.39, 0.29) is 5.54 Å². The van der Waals surface area contributed by atoms with E-state index < -0.39 is 12.1 Å². The highest BCUT2D eigenvalue weighted by molar-refractivity contribution is 5.74. The average Bonchev–Trinajstić information content (AvgIpc) is 2.36. The van der Waals surface area contributed by atoms with Gasteiger partial charge in [0, 0.05) is 17.8 Å². The van der Waals surface area contributed by atoms with Crippen LogP contribution in [0.1, 0.15) is 39.1 Å². The van der Waals surface area contributed by atoms with Gasteiger partial charge in [-0.15, -0.1) is 0 Å². The topological polar surface area (TPSA) is 60.5 Å². The van der Waals surface area contributed by atoms with Gasteiger partial charge in [0.1, 0.15) is 5.75 Å². The molecular formula is C15H24N2O3. The molecule has 0 aliphatic carbocycles. The zero-order valence-corrected chi connectivity index (χ0v) is 13.1. The van der Waals surface area contributed by atoms with Crippen molar-refractivity contribution in [2.45, 2.75) is 52.8 Å². The summed E-state index contributed by atoms with van der Waals surface area (Å²) < 4.78 is 10.3. The van der Waals surface area contributed by atoms with Crippen molar-refractivity contribution in [1.29, 1.82) is 0 Å². The Bertz CT molecular complexity index is 467. The van der Waals surface area contributed by atoms with Crippen LogP contribution in [0.5, 0.6) is 5.75 Å². The van der Waals surface area contributed by atoms with Crippen molar-refractivity contribution in [2.24, 2.45) is 0 Å². The van der Waals surface area contributed by atoms with Gasteiger partial charge in [0.2, 0.25) is 0 Å². The number of pyridine rings is 1. The van der Waals surface area contributed by atoms with E-state index in [1.165, 1.54) is 7.11 Å². The Hall–Kier alpha value is -1.62. The minimum absolute atomic E-state index is 0.0172. The molecule has 1 aromatic rings. The smallest absolute Gasteiger partial charge is 0.346 e. The first-order chi connectivity index (χ1) is 9.23. The number of nitrogens with one attached hydrogen (secondary N) is 1. The van der Waals surface area contributed by atoms with Gasteiger partial charge in [-0.3, -0.25) is 4.98 Å². The molecule has 1 N–H and O–H groups in total. The number of rotatable bonds is 5. The van der Waals surface area contributed by atoms with Crippen molar-refractivity contribution < 1.29 is 14.3 Å². The van der Waals surface area contributed by atoms with E-state index in [1.807, 2.05) is 19.1 Å². The van der Waals surface area contributed by atoms with Gasteiger partial charge in [-0.1, -0.05) is 0 Å². The third-order valence-corrected chi connectivity index (χ3v) is 2.69. The maximum atomic E-state index is 11.4. The van der Waals surface area contributed by atoms with Crippen LogP contribution >= 0.6 is 0 Å². The number of esters is 1. The van der Waals surface area contributed by atoms with Crippen LogP contribution in [0.25, 0.3) is 0 Å². The van der Waals surface area contributed by atoms with Crippen molar-refractivity contribution in [3.8, 4) is 5.75 Å². The van der Waals surface area contributed by atoms with E-state index in [1.54, 1.807) is 6.92 Å². The van der Waals surface area contributed by atoms with Gasteiger partial charge in [-0.2, -0.15) is 0 Å². The molecule has 0 saturated carbocycles. The number of ether oxygens (including phenoxy) is 2. The van der Waals surface area contributed by atoms with Crippen LogP contribution in [0.15, 0.2) is 12.1 Å². The molecule has 0 bridgehead atoms. The van der Waals surface area contributed by atoms with Gasteiger partial charge in [0.15, 0.2) is 6.10 Å². The summed E-state index contributed by atoms with van der Waals surface area (Å²) in [6, 6.07) is 3.70. The number of carbonyl (C=O) groups excluding carboxylic acids is 1. The van der Waals surface area contributed by atoms with Crippen molar-refractivity contribution in [3.63, 3.8) is 0 Å². The maximum absolute atomic E-state index is 11.4. The van der Waals surface area contributed by atoms with Crippen LogP contribution in [-0.2, 0) is 16.1 Å². The van der Waals surface area contributed by atoms with Gasteiger partial charge in [0.25, 0.3) is 0 Å². The fraction of sp³-hybridized carbons (Fsp3) is 0.600. The third kappa shape index (κ3) is 5.17. The van der Waals surface area contributed by atoms with Crippen molar-refractivity contribution in [3.05, 3.63) is 23.5 Å². The standard InChI is InChI=1S/C15H24N2O3/c1-10-7-8-13(20-11(2)14(18)19-6)12(17-10)9-16-15(3,4)5/h7-8,11,16H,9H2,1-6H3. The lowest BCUT2D eigenvalue weighted by molar-refractivity contribution is -0.147.